The van der Waals surface area contributed by atoms with Gasteiger partial charge in [0.1, 0.15) is 0 Å². The minimum absolute atomic E-state index is 0. The standard InChI is InChI=1S/2C4H6O4.H3N.H2O/c2*5-3(6)1-2-4(7)8;;/h2*1-2H2,(H,5,6)(H,7,8);1H3;1H2. The van der Waals surface area contributed by atoms with Crippen LogP contribution < -0.4 is 6.15 Å². The van der Waals surface area contributed by atoms with Gasteiger partial charge in [0, 0.05) is 0 Å². The van der Waals surface area contributed by atoms with E-state index in [4.69, 9.17) is 20.4 Å². The third-order valence-corrected chi connectivity index (χ3v) is 1.11. The van der Waals surface area contributed by atoms with Crippen LogP contribution in [0.3, 0.4) is 0 Å². The molecule has 0 heterocycles. The smallest absolute Gasteiger partial charge is 0.303 e. The minimum Gasteiger partial charge on any atom is -0.481 e. The highest BCUT2D eigenvalue weighted by atomic mass is 16.4. The lowest BCUT2D eigenvalue weighted by molar-refractivity contribution is -0.143. The van der Waals surface area contributed by atoms with E-state index in [-0.39, 0.29) is 37.3 Å². The molecular weight excluding hydrogens is 254 g/mol. The number of aliphatic carboxylic acids is 4. The van der Waals surface area contributed by atoms with Gasteiger partial charge in [0.2, 0.25) is 0 Å². The molecule has 0 radical (unpaired) electrons. The maximum Gasteiger partial charge on any atom is 0.303 e. The quantitative estimate of drug-likeness (QED) is 0.408. The van der Waals surface area contributed by atoms with Gasteiger partial charge in [-0.15, -0.1) is 0 Å². The summed E-state index contributed by atoms with van der Waals surface area (Å²) in [5, 5.41) is 31.6. The molecule has 0 aliphatic rings. The highest BCUT2D eigenvalue weighted by Gasteiger charge is 2.00. The normalized spacial score (nSPS) is 7.56. The minimum atomic E-state index is -1.08. The zero-order valence-electron chi connectivity index (χ0n) is 9.46. The van der Waals surface area contributed by atoms with Gasteiger partial charge in [-0.2, -0.15) is 0 Å². The van der Waals surface area contributed by atoms with Crippen LogP contribution in [0.4, 0.5) is 0 Å². The molecule has 0 amide bonds. The second kappa shape index (κ2) is 14.8. The molecule has 0 unspecified atom stereocenters. The molecule has 0 saturated heterocycles. The molecule has 108 valence electrons. The van der Waals surface area contributed by atoms with E-state index >= 15 is 0 Å². The number of carboxylic acid groups (broad SMARTS) is 4. The van der Waals surface area contributed by atoms with Gasteiger partial charge in [-0.3, -0.25) is 19.2 Å². The molecule has 0 fully saturated rings. The highest BCUT2D eigenvalue weighted by Crippen LogP contribution is 1.86. The van der Waals surface area contributed by atoms with E-state index in [1.165, 1.54) is 0 Å². The highest BCUT2D eigenvalue weighted by molar-refractivity contribution is 5.75. The summed E-state index contributed by atoms with van der Waals surface area (Å²) in [4.78, 5) is 38.6. The largest absolute Gasteiger partial charge is 0.481 e. The average Bonchev–Trinajstić information content (AvgIpc) is 2.12. The Kier molecular flexibility index (Phi) is 20.4. The van der Waals surface area contributed by atoms with Crippen LogP contribution in [-0.2, 0) is 19.2 Å². The van der Waals surface area contributed by atoms with Crippen molar-refractivity contribution >= 4 is 23.9 Å². The fourth-order valence-electron chi connectivity index (χ4n) is 0.428. The molecule has 0 aromatic carbocycles. The zero-order valence-corrected chi connectivity index (χ0v) is 9.46. The van der Waals surface area contributed by atoms with Crippen molar-refractivity contribution in [2.75, 3.05) is 0 Å². The Bertz CT molecular complexity index is 220. The summed E-state index contributed by atoms with van der Waals surface area (Å²) in [7, 11) is 0. The van der Waals surface area contributed by atoms with Gasteiger partial charge in [-0.05, 0) is 0 Å². The van der Waals surface area contributed by atoms with E-state index in [0.29, 0.717) is 0 Å². The Morgan fingerprint density at radius 1 is 0.556 bits per heavy atom. The topological polar surface area (TPSA) is 216 Å². The van der Waals surface area contributed by atoms with Crippen molar-refractivity contribution in [2.45, 2.75) is 25.7 Å². The fourth-order valence-corrected chi connectivity index (χ4v) is 0.428. The van der Waals surface area contributed by atoms with Gasteiger partial charge in [-0.1, -0.05) is 0 Å². The Morgan fingerprint density at radius 2 is 0.667 bits per heavy atom. The van der Waals surface area contributed by atoms with Crippen molar-refractivity contribution < 1.29 is 45.1 Å². The van der Waals surface area contributed by atoms with E-state index < -0.39 is 23.9 Å². The Hall–Kier alpha value is -2.20. The predicted molar refractivity (Wildman–Crippen MR) is 57.6 cm³/mol. The van der Waals surface area contributed by atoms with E-state index in [9.17, 15) is 19.2 Å². The summed E-state index contributed by atoms with van der Waals surface area (Å²) in [5.41, 5.74) is 0. The molecular formula is C8H17NO9. The first-order chi connectivity index (χ1) is 7.25. The van der Waals surface area contributed by atoms with Crippen LogP contribution in [-0.4, -0.2) is 49.8 Å². The lowest BCUT2D eigenvalue weighted by Gasteiger charge is -1.85. The Balaban J connectivity index is -0.0000000980. The molecule has 10 heteroatoms. The van der Waals surface area contributed by atoms with Crippen LogP contribution in [0.25, 0.3) is 0 Å². The number of rotatable bonds is 6. The number of hydrogen-bond donors (Lipinski definition) is 5. The molecule has 0 aliphatic carbocycles. The summed E-state index contributed by atoms with van der Waals surface area (Å²) in [6.45, 7) is 0. The van der Waals surface area contributed by atoms with Gasteiger partial charge >= 0.3 is 23.9 Å². The van der Waals surface area contributed by atoms with Crippen LogP contribution in [0.5, 0.6) is 0 Å². The van der Waals surface area contributed by atoms with Crippen molar-refractivity contribution in [3.8, 4) is 0 Å². The van der Waals surface area contributed by atoms with Crippen molar-refractivity contribution in [3.63, 3.8) is 0 Å². The lowest BCUT2D eigenvalue weighted by Crippen LogP contribution is -2.00. The number of carboxylic acids is 4. The molecule has 0 aromatic heterocycles. The first-order valence-corrected chi connectivity index (χ1v) is 4.13. The monoisotopic (exact) mass is 271 g/mol. The summed E-state index contributed by atoms with van der Waals surface area (Å²) < 4.78 is 0. The molecule has 0 saturated carbocycles. The summed E-state index contributed by atoms with van der Waals surface area (Å²) in [6, 6.07) is 0. The third kappa shape index (κ3) is 37.2. The van der Waals surface area contributed by atoms with Gasteiger partial charge in [0.25, 0.3) is 0 Å². The third-order valence-electron chi connectivity index (χ3n) is 1.11. The first kappa shape index (κ1) is 24.9. The SMILES string of the molecule is N.O.O=C(O)CCC(=O)O.O=C(O)CCC(=O)O. The van der Waals surface area contributed by atoms with Gasteiger partial charge in [0.15, 0.2) is 0 Å². The molecule has 0 bridgehead atoms. The maximum absolute atomic E-state index is 9.64. The Morgan fingerprint density at radius 3 is 0.722 bits per heavy atom. The molecule has 0 aromatic rings. The lowest BCUT2D eigenvalue weighted by atomic mass is 10.3. The molecule has 18 heavy (non-hydrogen) atoms. The van der Waals surface area contributed by atoms with Crippen molar-refractivity contribution in [1.29, 1.82) is 0 Å². The van der Waals surface area contributed by atoms with Crippen LogP contribution in [0.1, 0.15) is 25.7 Å². The van der Waals surface area contributed by atoms with Crippen molar-refractivity contribution in [1.82, 2.24) is 6.15 Å². The first-order valence-electron chi connectivity index (χ1n) is 4.13. The van der Waals surface area contributed by atoms with Crippen LogP contribution in [0, 0.1) is 0 Å². The van der Waals surface area contributed by atoms with Gasteiger partial charge < -0.3 is 32.1 Å². The number of hydrogen-bond acceptors (Lipinski definition) is 5. The number of carbonyl (C=O) groups is 4. The molecule has 9 N–H and O–H groups in total. The molecule has 0 spiro atoms. The van der Waals surface area contributed by atoms with E-state index in [2.05, 4.69) is 0 Å². The predicted octanol–water partition coefficient (Wildman–Crippen LogP) is -0.791. The van der Waals surface area contributed by atoms with E-state index in [1.54, 1.807) is 0 Å². The molecule has 0 rings (SSSR count). The summed E-state index contributed by atoms with van der Waals surface area (Å²) in [5.74, 6) is -4.31. The van der Waals surface area contributed by atoms with Crippen LogP contribution in [0.2, 0.25) is 0 Å². The van der Waals surface area contributed by atoms with Crippen LogP contribution >= 0.6 is 0 Å². The molecule has 0 atom stereocenters. The molecule has 0 aliphatic heterocycles. The average molecular weight is 271 g/mol. The zero-order chi connectivity index (χ0) is 13.1. The fraction of sp³-hybridized carbons (Fsp3) is 0.500. The van der Waals surface area contributed by atoms with Crippen molar-refractivity contribution in [3.05, 3.63) is 0 Å². The summed E-state index contributed by atoms with van der Waals surface area (Å²) >= 11 is 0. The van der Waals surface area contributed by atoms with Gasteiger partial charge in [-0.25, -0.2) is 0 Å². The van der Waals surface area contributed by atoms with E-state index in [1.807, 2.05) is 0 Å². The Labute approximate surface area is 102 Å². The summed E-state index contributed by atoms with van der Waals surface area (Å²) in [6.07, 6.45) is -1.19. The van der Waals surface area contributed by atoms with E-state index in [0.717, 1.165) is 0 Å². The van der Waals surface area contributed by atoms with Crippen LogP contribution in [0.15, 0.2) is 0 Å². The molecule has 10 nitrogen and oxygen atoms in total. The maximum atomic E-state index is 9.64. The second-order valence-corrected chi connectivity index (χ2v) is 2.57. The van der Waals surface area contributed by atoms with Crippen molar-refractivity contribution in [2.24, 2.45) is 0 Å². The second-order valence-electron chi connectivity index (χ2n) is 2.57. The van der Waals surface area contributed by atoms with Gasteiger partial charge in [0.05, 0.1) is 25.7 Å².